The monoisotopic (exact) mass is 264 g/mol. The van der Waals surface area contributed by atoms with E-state index < -0.39 is 5.41 Å². The highest BCUT2D eigenvalue weighted by Gasteiger charge is 2.43. The number of hydrogen-bond acceptors (Lipinski definition) is 3. The molecule has 4 nitrogen and oxygen atoms in total. The Morgan fingerprint density at radius 3 is 2.42 bits per heavy atom. The van der Waals surface area contributed by atoms with Gasteiger partial charge in [-0.15, -0.1) is 0 Å². The fourth-order valence-electron chi connectivity index (χ4n) is 3.42. The average Bonchev–Trinajstić information content (AvgIpc) is 2.71. The number of likely N-dealkylation sites (N-methyl/N-ethyl adjacent to an activating group) is 1. The summed E-state index contributed by atoms with van der Waals surface area (Å²) in [6.07, 6.45) is 6.66. The van der Waals surface area contributed by atoms with Crippen LogP contribution >= 0.6 is 0 Å². The van der Waals surface area contributed by atoms with Crippen LogP contribution in [0.15, 0.2) is 0 Å². The molecule has 2 rings (SSSR count). The van der Waals surface area contributed by atoms with Gasteiger partial charge in [0.05, 0.1) is 18.2 Å². The molecule has 1 saturated heterocycles. The minimum atomic E-state index is -0.784. The van der Waals surface area contributed by atoms with E-state index in [0.29, 0.717) is 19.4 Å². The zero-order valence-electron chi connectivity index (χ0n) is 12.0. The third-order valence-corrected chi connectivity index (χ3v) is 4.73. The summed E-state index contributed by atoms with van der Waals surface area (Å²) in [6.45, 7) is 2.72. The highest BCUT2D eigenvalue weighted by molar-refractivity contribution is 5.85. The molecule has 1 heterocycles. The summed E-state index contributed by atoms with van der Waals surface area (Å²) in [7, 11) is 1.84. The molecular weight excluding hydrogens is 240 g/mol. The van der Waals surface area contributed by atoms with Crippen LogP contribution in [0.4, 0.5) is 0 Å². The highest BCUT2D eigenvalue weighted by atomic mass is 16.5. The van der Waals surface area contributed by atoms with Gasteiger partial charge in [-0.3, -0.25) is 4.79 Å². The molecular formula is C15H24N2O2. The van der Waals surface area contributed by atoms with E-state index in [9.17, 15) is 10.1 Å². The maximum Gasteiger partial charge on any atom is 0.243 e. The van der Waals surface area contributed by atoms with E-state index in [2.05, 4.69) is 6.07 Å². The van der Waals surface area contributed by atoms with Crippen LogP contribution in [0.5, 0.6) is 0 Å². The number of nitriles is 1. The SMILES string of the molecule is CC1OCCC1N(C)C(=O)C1(C#N)CCCCCC1. The van der Waals surface area contributed by atoms with Gasteiger partial charge in [0, 0.05) is 13.7 Å². The zero-order chi connectivity index (χ0) is 13.9. The first-order valence-electron chi connectivity index (χ1n) is 7.41. The summed E-state index contributed by atoms with van der Waals surface area (Å²) < 4.78 is 5.54. The lowest BCUT2D eigenvalue weighted by atomic mass is 9.80. The summed E-state index contributed by atoms with van der Waals surface area (Å²) >= 11 is 0. The van der Waals surface area contributed by atoms with Crippen molar-refractivity contribution in [3.63, 3.8) is 0 Å². The molecule has 0 bridgehead atoms. The number of hydrogen-bond donors (Lipinski definition) is 0. The Morgan fingerprint density at radius 2 is 1.95 bits per heavy atom. The minimum Gasteiger partial charge on any atom is -0.376 e. The lowest BCUT2D eigenvalue weighted by Gasteiger charge is -2.34. The number of ether oxygens (including phenoxy) is 1. The van der Waals surface area contributed by atoms with Crippen molar-refractivity contribution in [2.45, 2.75) is 64.0 Å². The Hall–Kier alpha value is -1.08. The Morgan fingerprint density at radius 1 is 1.32 bits per heavy atom. The standard InChI is InChI=1S/C15H24N2O2/c1-12-13(7-10-19-12)17(2)14(18)15(11-16)8-5-3-4-6-9-15/h12-13H,3-10H2,1-2H3. The van der Waals surface area contributed by atoms with Crippen LogP contribution in [0.1, 0.15) is 51.9 Å². The average molecular weight is 264 g/mol. The Labute approximate surface area is 115 Å². The van der Waals surface area contributed by atoms with Crippen LogP contribution in [0.3, 0.4) is 0 Å². The molecule has 0 N–H and O–H groups in total. The number of carbonyl (C=O) groups is 1. The quantitative estimate of drug-likeness (QED) is 0.720. The summed E-state index contributed by atoms with van der Waals surface area (Å²) in [4.78, 5) is 14.6. The maximum atomic E-state index is 12.8. The van der Waals surface area contributed by atoms with Crippen LogP contribution in [-0.2, 0) is 9.53 Å². The van der Waals surface area contributed by atoms with E-state index in [4.69, 9.17) is 4.74 Å². The summed E-state index contributed by atoms with van der Waals surface area (Å²) in [6, 6.07) is 2.47. The fourth-order valence-corrected chi connectivity index (χ4v) is 3.42. The molecule has 2 atom stereocenters. The molecule has 2 aliphatic rings. The second-order valence-electron chi connectivity index (χ2n) is 5.96. The summed E-state index contributed by atoms with van der Waals surface area (Å²) in [5.74, 6) is 0.0132. The van der Waals surface area contributed by atoms with E-state index in [1.54, 1.807) is 4.90 Å². The van der Waals surface area contributed by atoms with Gasteiger partial charge in [-0.05, 0) is 26.2 Å². The van der Waals surface area contributed by atoms with Crippen molar-refractivity contribution in [2.24, 2.45) is 5.41 Å². The molecule has 0 aromatic carbocycles. The third-order valence-electron chi connectivity index (χ3n) is 4.73. The molecule has 1 saturated carbocycles. The molecule has 0 aromatic rings. The van der Waals surface area contributed by atoms with Crippen molar-refractivity contribution in [1.82, 2.24) is 4.90 Å². The van der Waals surface area contributed by atoms with Crippen molar-refractivity contribution in [3.8, 4) is 6.07 Å². The summed E-state index contributed by atoms with van der Waals surface area (Å²) in [5, 5.41) is 9.57. The van der Waals surface area contributed by atoms with Gasteiger partial charge >= 0.3 is 0 Å². The van der Waals surface area contributed by atoms with E-state index in [1.165, 1.54) is 0 Å². The molecule has 19 heavy (non-hydrogen) atoms. The first-order valence-corrected chi connectivity index (χ1v) is 7.41. The second kappa shape index (κ2) is 5.92. The molecule has 2 fully saturated rings. The first-order chi connectivity index (χ1) is 9.10. The number of carbonyl (C=O) groups excluding carboxylic acids is 1. The van der Waals surface area contributed by atoms with Crippen molar-refractivity contribution in [1.29, 1.82) is 5.26 Å². The fraction of sp³-hybridized carbons (Fsp3) is 0.867. The molecule has 2 unspecified atom stereocenters. The lowest BCUT2D eigenvalue weighted by Crippen LogP contribution is -2.48. The van der Waals surface area contributed by atoms with Gasteiger partial charge in [0.2, 0.25) is 5.91 Å². The smallest absolute Gasteiger partial charge is 0.243 e. The van der Waals surface area contributed by atoms with Crippen LogP contribution in [-0.4, -0.2) is 36.6 Å². The van der Waals surface area contributed by atoms with Gasteiger partial charge in [-0.25, -0.2) is 0 Å². The van der Waals surface area contributed by atoms with Gasteiger partial charge in [-0.1, -0.05) is 25.7 Å². The number of amides is 1. The predicted molar refractivity (Wildman–Crippen MR) is 72.3 cm³/mol. The normalized spacial score (nSPS) is 30.4. The third kappa shape index (κ3) is 2.76. The van der Waals surface area contributed by atoms with Crippen molar-refractivity contribution in [3.05, 3.63) is 0 Å². The number of nitrogens with zero attached hydrogens (tertiary/aromatic N) is 2. The van der Waals surface area contributed by atoms with Gasteiger partial charge in [0.1, 0.15) is 5.41 Å². The van der Waals surface area contributed by atoms with Crippen molar-refractivity contribution >= 4 is 5.91 Å². The lowest BCUT2D eigenvalue weighted by molar-refractivity contribution is -0.141. The predicted octanol–water partition coefficient (Wildman–Crippen LogP) is 2.49. The van der Waals surface area contributed by atoms with Gasteiger partial charge in [0.15, 0.2) is 0 Å². The van der Waals surface area contributed by atoms with Crippen LogP contribution in [0.2, 0.25) is 0 Å². The molecule has 0 spiro atoms. The molecule has 0 radical (unpaired) electrons. The number of rotatable bonds is 2. The Bertz CT molecular complexity index is 367. The van der Waals surface area contributed by atoms with Crippen molar-refractivity contribution < 1.29 is 9.53 Å². The van der Waals surface area contributed by atoms with E-state index in [1.807, 2.05) is 14.0 Å². The van der Waals surface area contributed by atoms with Crippen LogP contribution in [0.25, 0.3) is 0 Å². The summed E-state index contributed by atoms with van der Waals surface area (Å²) in [5.41, 5.74) is -0.784. The van der Waals surface area contributed by atoms with E-state index in [0.717, 1.165) is 32.1 Å². The second-order valence-corrected chi connectivity index (χ2v) is 5.96. The molecule has 4 heteroatoms. The molecule has 1 aliphatic heterocycles. The van der Waals surface area contributed by atoms with E-state index in [-0.39, 0.29) is 18.1 Å². The van der Waals surface area contributed by atoms with Gasteiger partial charge in [0.25, 0.3) is 0 Å². The van der Waals surface area contributed by atoms with Gasteiger partial charge < -0.3 is 9.64 Å². The zero-order valence-corrected chi connectivity index (χ0v) is 12.0. The Balaban J connectivity index is 2.13. The van der Waals surface area contributed by atoms with Crippen LogP contribution < -0.4 is 0 Å². The Kier molecular flexibility index (Phi) is 4.46. The van der Waals surface area contributed by atoms with Crippen molar-refractivity contribution in [2.75, 3.05) is 13.7 Å². The first kappa shape index (κ1) is 14.3. The van der Waals surface area contributed by atoms with E-state index >= 15 is 0 Å². The molecule has 1 amide bonds. The van der Waals surface area contributed by atoms with Crippen LogP contribution in [0, 0.1) is 16.7 Å². The minimum absolute atomic E-state index is 0.0132. The van der Waals surface area contributed by atoms with Gasteiger partial charge in [-0.2, -0.15) is 5.26 Å². The largest absolute Gasteiger partial charge is 0.376 e. The topological polar surface area (TPSA) is 53.3 Å². The maximum absolute atomic E-state index is 12.8. The molecule has 0 aromatic heterocycles. The molecule has 106 valence electrons. The molecule has 1 aliphatic carbocycles. The highest BCUT2D eigenvalue weighted by Crippen LogP contribution is 2.37.